The monoisotopic (exact) mass is 301 g/mol. The molecule has 0 radical (unpaired) electrons. The van der Waals surface area contributed by atoms with Gasteiger partial charge < -0.3 is 10.4 Å². The fraction of sp³-hybridized carbons (Fsp3) is 0.0625. The second-order valence-corrected chi connectivity index (χ2v) is 5.83. The van der Waals surface area contributed by atoms with Crippen molar-refractivity contribution in [3.8, 4) is 5.75 Å². The Morgan fingerprint density at radius 2 is 2.00 bits per heavy atom. The third-order valence-electron chi connectivity index (χ3n) is 3.17. The van der Waals surface area contributed by atoms with Gasteiger partial charge in [-0.1, -0.05) is 12.1 Å². The lowest BCUT2D eigenvalue weighted by Crippen LogP contribution is -2.09. The van der Waals surface area contributed by atoms with Crippen LogP contribution in [0.5, 0.6) is 5.75 Å². The number of nitrogens with one attached hydrogen (secondary N) is 1. The molecule has 0 unspecified atom stereocenters. The summed E-state index contributed by atoms with van der Waals surface area (Å²) < 4.78 is 13.9. The molecule has 5 heteroatoms. The van der Waals surface area contributed by atoms with Gasteiger partial charge in [0.05, 0.1) is 4.88 Å². The molecule has 0 spiro atoms. The van der Waals surface area contributed by atoms with E-state index in [9.17, 15) is 14.3 Å². The van der Waals surface area contributed by atoms with Crippen LogP contribution in [0.4, 0.5) is 10.1 Å². The molecule has 3 nitrogen and oxygen atoms in total. The predicted octanol–water partition coefficient (Wildman–Crippen LogP) is 4.31. The lowest BCUT2D eigenvalue weighted by Gasteiger charge is -2.05. The number of aryl methyl sites for hydroxylation is 1. The number of carbonyl (C=O) groups is 1. The van der Waals surface area contributed by atoms with Crippen LogP contribution in [-0.2, 0) is 0 Å². The van der Waals surface area contributed by atoms with Crippen LogP contribution in [-0.4, -0.2) is 11.0 Å². The topological polar surface area (TPSA) is 49.3 Å². The maximum Gasteiger partial charge on any atom is 0.265 e. The summed E-state index contributed by atoms with van der Waals surface area (Å²) in [6, 6.07) is 11.1. The number of fused-ring (bicyclic) bond motifs is 1. The van der Waals surface area contributed by atoms with Crippen LogP contribution >= 0.6 is 11.3 Å². The molecule has 21 heavy (non-hydrogen) atoms. The van der Waals surface area contributed by atoms with Crippen molar-refractivity contribution in [2.75, 3.05) is 5.32 Å². The molecule has 1 heterocycles. The molecule has 3 aromatic rings. The van der Waals surface area contributed by atoms with Crippen LogP contribution in [0.3, 0.4) is 0 Å². The normalized spacial score (nSPS) is 10.8. The Labute approximate surface area is 124 Å². The Morgan fingerprint density at radius 3 is 2.76 bits per heavy atom. The van der Waals surface area contributed by atoms with Crippen molar-refractivity contribution in [1.29, 1.82) is 0 Å². The van der Waals surface area contributed by atoms with Crippen molar-refractivity contribution in [2.24, 2.45) is 0 Å². The van der Waals surface area contributed by atoms with Crippen LogP contribution in [0.25, 0.3) is 10.1 Å². The van der Waals surface area contributed by atoms with Gasteiger partial charge in [-0.2, -0.15) is 0 Å². The van der Waals surface area contributed by atoms with E-state index in [0.29, 0.717) is 10.6 Å². The van der Waals surface area contributed by atoms with E-state index in [2.05, 4.69) is 5.32 Å². The van der Waals surface area contributed by atoms with Gasteiger partial charge in [0.1, 0.15) is 11.6 Å². The highest BCUT2D eigenvalue weighted by Crippen LogP contribution is 2.27. The third kappa shape index (κ3) is 2.73. The van der Waals surface area contributed by atoms with Gasteiger partial charge in [-0.3, -0.25) is 4.79 Å². The lowest BCUT2D eigenvalue weighted by molar-refractivity contribution is 0.103. The number of rotatable bonds is 2. The van der Waals surface area contributed by atoms with Crippen LogP contribution < -0.4 is 5.32 Å². The Morgan fingerprint density at radius 1 is 1.19 bits per heavy atom. The minimum Gasteiger partial charge on any atom is -0.508 e. The zero-order chi connectivity index (χ0) is 15.0. The van der Waals surface area contributed by atoms with Crippen molar-refractivity contribution in [3.63, 3.8) is 0 Å². The van der Waals surface area contributed by atoms with Gasteiger partial charge in [-0.15, -0.1) is 11.3 Å². The van der Waals surface area contributed by atoms with Gasteiger partial charge in [0, 0.05) is 16.5 Å². The smallest absolute Gasteiger partial charge is 0.265 e. The number of anilines is 1. The van der Waals surface area contributed by atoms with Gasteiger partial charge in [-0.25, -0.2) is 4.39 Å². The maximum atomic E-state index is 13.2. The molecule has 106 valence electrons. The van der Waals surface area contributed by atoms with Crippen LogP contribution in [0, 0.1) is 12.7 Å². The summed E-state index contributed by atoms with van der Waals surface area (Å²) in [5.74, 6) is -0.467. The number of halogens is 1. The SMILES string of the molecule is Cc1ccc(NC(=O)c2cc3ccc(F)cc3s2)cc1O. The van der Waals surface area contributed by atoms with Crippen molar-refractivity contribution in [3.05, 3.63) is 58.7 Å². The molecule has 2 N–H and O–H groups in total. The first-order chi connectivity index (χ1) is 10.0. The minimum absolute atomic E-state index is 0.131. The Hall–Kier alpha value is -2.40. The highest BCUT2D eigenvalue weighted by Gasteiger charge is 2.11. The summed E-state index contributed by atoms with van der Waals surface area (Å²) in [6.07, 6.45) is 0. The van der Waals surface area contributed by atoms with E-state index in [0.717, 1.165) is 15.6 Å². The quantitative estimate of drug-likeness (QED) is 0.741. The van der Waals surface area contributed by atoms with E-state index in [4.69, 9.17) is 0 Å². The Kier molecular flexibility index (Phi) is 3.35. The summed E-state index contributed by atoms with van der Waals surface area (Å²) in [7, 11) is 0. The average Bonchev–Trinajstić information content (AvgIpc) is 2.86. The zero-order valence-corrected chi connectivity index (χ0v) is 12.0. The predicted molar refractivity (Wildman–Crippen MR) is 82.6 cm³/mol. The fourth-order valence-corrected chi connectivity index (χ4v) is 2.98. The lowest BCUT2D eigenvalue weighted by atomic mass is 10.2. The largest absolute Gasteiger partial charge is 0.508 e. The molecule has 1 amide bonds. The maximum absolute atomic E-state index is 13.2. The highest BCUT2D eigenvalue weighted by molar-refractivity contribution is 7.20. The minimum atomic E-state index is -0.320. The summed E-state index contributed by atoms with van der Waals surface area (Å²) in [5, 5.41) is 13.2. The molecule has 0 saturated carbocycles. The molecule has 2 aromatic carbocycles. The van der Waals surface area contributed by atoms with Crippen LogP contribution in [0.15, 0.2) is 42.5 Å². The van der Waals surface area contributed by atoms with E-state index in [1.807, 2.05) is 0 Å². The van der Waals surface area contributed by atoms with Gasteiger partial charge in [0.2, 0.25) is 0 Å². The molecule has 0 atom stereocenters. The van der Waals surface area contributed by atoms with E-state index < -0.39 is 0 Å². The number of hydrogen-bond acceptors (Lipinski definition) is 3. The molecule has 1 aromatic heterocycles. The molecule has 0 saturated heterocycles. The van der Waals surface area contributed by atoms with Gasteiger partial charge in [0.15, 0.2) is 0 Å². The third-order valence-corrected chi connectivity index (χ3v) is 4.27. The van der Waals surface area contributed by atoms with Crippen molar-refractivity contribution < 1.29 is 14.3 Å². The zero-order valence-electron chi connectivity index (χ0n) is 11.2. The fourth-order valence-electron chi connectivity index (χ4n) is 2.00. The summed E-state index contributed by atoms with van der Waals surface area (Å²) in [5.41, 5.74) is 1.26. The molecule has 0 bridgehead atoms. The number of phenols is 1. The van der Waals surface area contributed by atoms with E-state index in [-0.39, 0.29) is 17.5 Å². The van der Waals surface area contributed by atoms with E-state index in [1.54, 1.807) is 31.2 Å². The first-order valence-corrected chi connectivity index (χ1v) is 7.14. The highest BCUT2D eigenvalue weighted by atomic mass is 32.1. The average molecular weight is 301 g/mol. The number of carbonyl (C=O) groups excluding carboxylic acids is 1. The molecule has 0 fully saturated rings. The first kappa shape index (κ1) is 13.6. The first-order valence-electron chi connectivity index (χ1n) is 6.33. The Bertz CT molecular complexity index is 841. The van der Waals surface area contributed by atoms with E-state index in [1.165, 1.54) is 29.5 Å². The van der Waals surface area contributed by atoms with Crippen molar-refractivity contribution in [2.45, 2.75) is 6.92 Å². The second-order valence-electron chi connectivity index (χ2n) is 4.75. The van der Waals surface area contributed by atoms with Crippen molar-refractivity contribution in [1.82, 2.24) is 0 Å². The summed E-state index contributed by atoms with van der Waals surface area (Å²) in [4.78, 5) is 12.7. The molecule has 0 aliphatic carbocycles. The number of hydrogen-bond donors (Lipinski definition) is 2. The summed E-state index contributed by atoms with van der Waals surface area (Å²) in [6.45, 7) is 1.78. The summed E-state index contributed by atoms with van der Waals surface area (Å²) >= 11 is 1.23. The van der Waals surface area contributed by atoms with Gasteiger partial charge in [-0.05, 0) is 42.1 Å². The molecule has 3 rings (SSSR count). The number of benzene rings is 2. The molecule has 0 aliphatic heterocycles. The number of aromatic hydroxyl groups is 1. The Balaban J connectivity index is 1.87. The van der Waals surface area contributed by atoms with Gasteiger partial charge in [0.25, 0.3) is 5.91 Å². The van der Waals surface area contributed by atoms with Crippen LogP contribution in [0.1, 0.15) is 15.2 Å². The number of phenolic OH excluding ortho intramolecular Hbond substituents is 1. The van der Waals surface area contributed by atoms with Crippen molar-refractivity contribution >= 4 is 33.0 Å². The standard InChI is InChI=1S/C16H12FNO2S/c1-9-2-5-12(8-13(9)19)18-16(20)15-6-10-3-4-11(17)7-14(10)21-15/h2-8,19H,1H3,(H,18,20). The number of thiophene rings is 1. The molecule has 0 aliphatic rings. The molecular formula is C16H12FNO2S. The van der Waals surface area contributed by atoms with Gasteiger partial charge >= 0.3 is 0 Å². The number of amides is 1. The van der Waals surface area contributed by atoms with E-state index >= 15 is 0 Å². The molecular weight excluding hydrogens is 289 g/mol. The second kappa shape index (κ2) is 5.18. The van der Waals surface area contributed by atoms with Crippen LogP contribution in [0.2, 0.25) is 0 Å².